The molecule has 3 unspecified atom stereocenters. The van der Waals surface area contributed by atoms with Crippen molar-refractivity contribution in [3.63, 3.8) is 0 Å². The van der Waals surface area contributed by atoms with Gasteiger partial charge in [0.1, 0.15) is 5.82 Å². The predicted octanol–water partition coefficient (Wildman–Crippen LogP) is 3.80. The van der Waals surface area contributed by atoms with Crippen molar-refractivity contribution in [1.29, 1.82) is 0 Å². The van der Waals surface area contributed by atoms with Gasteiger partial charge in [-0.05, 0) is 36.6 Å². The van der Waals surface area contributed by atoms with Crippen LogP contribution in [0.2, 0.25) is 0 Å². The molecule has 1 aliphatic heterocycles. The molecule has 1 N–H and O–H groups in total. The predicted molar refractivity (Wildman–Crippen MR) is 115 cm³/mol. The van der Waals surface area contributed by atoms with E-state index < -0.39 is 54.0 Å². The third kappa shape index (κ3) is 4.65. The Balaban J connectivity index is 1.63. The first kappa shape index (κ1) is 24.8. The molecule has 0 saturated carbocycles. The summed E-state index contributed by atoms with van der Waals surface area (Å²) in [7, 11) is 1.31. The van der Waals surface area contributed by atoms with Gasteiger partial charge < -0.3 is 9.84 Å². The monoisotopic (exact) mass is 495 g/mol. The van der Waals surface area contributed by atoms with Crippen LogP contribution in [0.25, 0.3) is 5.57 Å². The Labute approximate surface area is 197 Å². The number of aliphatic carboxylic acids is 1. The zero-order valence-electron chi connectivity index (χ0n) is 18.7. The number of alkyl halides is 3. The van der Waals surface area contributed by atoms with Gasteiger partial charge in [-0.25, -0.2) is 4.39 Å². The number of ketones is 1. The number of benzene rings is 1. The number of carbonyl (C=O) groups excluding carboxylic acids is 2. The molecular formula is C24H21F4NO6. The molecule has 11 heteroatoms. The van der Waals surface area contributed by atoms with Gasteiger partial charge in [-0.1, -0.05) is 24.3 Å². The summed E-state index contributed by atoms with van der Waals surface area (Å²) in [6.07, 6.45) is -1.79. The summed E-state index contributed by atoms with van der Waals surface area (Å²) in [5, 5.41) is 9.54. The van der Waals surface area contributed by atoms with Crippen LogP contribution in [-0.4, -0.2) is 54.5 Å². The van der Waals surface area contributed by atoms with Crippen molar-refractivity contribution in [3.05, 3.63) is 59.0 Å². The molecule has 1 aromatic carbocycles. The van der Waals surface area contributed by atoms with Crippen molar-refractivity contribution in [3.8, 4) is 0 Å². The van der Waals surface area contributed by atoms with E-state index in [1.807, 2.05) is 0 Å². The number of carboxylic acids is 1. The topological polar surface area (TPSA) is 93.1 Å². The van der Waals surface area contributed by atoms with E-state index >= 15 is 4.39 Å². The molecule has 0 fully saturated rings. The molecule has 0 aromatic heterocycles. The highest BCUT2D eigenvalue weighted by Gasteiger charge is 2.49. The number of ether oxygens (including phenoxy) is 2. The van der Waals surface area contributed by atoms with Crippen LogP contribution in [0.15, 0.2) is 47.6 Å². The lowest BCUT2D eigenvalue weighted by Gasteiger charge is -2.31. The lowest BCUT2D eigenvalue weighted by molar-refractivity contribution is -0.354. The highest BCUT2D eigenvalue weighted by molar-refractivity contribution is 6.22. The number of hydrogen-bond donors (Lipinski definition) is 1. The van der Waals surface area contributed by atoms with Crippen LogP contribution in [0.1, 0.15) is 25.3 Å². The molecular weight excluding hydrogens is 474 g/mol. The number of Topliss-reactive ketones (excluding diaryl/α,β-unsaturated/α-hetero) is 1. The average molecular weight is 495 g/mol. The number of carboxylic acid groups (broad SMARTS) is 1. The first-order valence-electron chi connectivity index (χ1n) is 10.6. The summed E-state index contributed by atoms with van der Waals surface area (Å²) in [5.74, 6) is -4.79. The van der Waals surface area contributed by atoms with Crippen molar-refractivity contribution >= 4 is 28.9 Å². The van der Waals surface area contributed by atoms with E-state index in [0.29, 0.717) is 5.57 Å². The van der Waals surface area contributed by atoms with Gasteiger partial charge in [-0.2, -0.15) is 0 Å². The average Bonchev–Trinajstić information content (AvgIpc) is 3.16. The Morgan fingerprint density at radius 2 is 1.94 bits per heavy atom. The van der Waals surface area contributed by atoms with Crippen molar-refractivity contribution in [2.24, 2.45) is 5.92 Å². The van der Waals surface area contributed by atoms with Crippen LogP contribution in [0, 0.1) is 11.7 Å². The molecule has 0 radical (unpaired) electrons. The second-order valence-corrected chi connectivity index (χ2v) is 8.75. The fourth-order valence-corrected chi connectivity index (χ4v) is 4.81. The fraction of sp³-hybridized carbons (Fsp3) is 0.375. The van der Waals surface area contributed by atoms with Gasteiger partial charge in [0.25, 0.3) is 5.91 Å². The number of allylic oxidation sites excluding steroid dienone is 2. The first-order chi connectivity index (χ1) is 16.3. The lowest BCUT2D eigenvalue weighted by Crippen LogP contribution is -2.44. The summed E-state index contributed by atoms with van der Waals surface area (Å²) < 4.78 is 62.9. The molecule has 1 amide bonds. The highest BCUT2D eigenvalue weighted by Crippen LogP contribution is 2.41. The molecule has 4 rings (SSSR count). The summed E-state index contributed by atoms with van der Waals surface area (Å²) in [6.45, 7) is 0.759. The molecule has 0 bridgehead atoms. The number of rotatable bonds is 5. The number of halogens is 4. The first-order valence-corrected chi connectivity index (χ1v) is 10.6. The van der Waals surface area contributed by atoms with Crippen molar-refractivity contribution in [2.75, 3.05) is 18.6 Å². The zero-order chi connectivity index (χ0) is 25.7. The smallest absolute Gasteiger partial charge is 0.481 e. The minimum Gasteiger partial charge on any atom is -0.481 e. The Hall–Kier alpha value is -3.31. The van der Waals surface area contributed by atoms with E-state index in [-0.39, 0.29) is 35.2 Å². The van der Waals surface area contributed by atoms with Crippen LogP contribution >= 0.6 is 0 Å². The van der Waals surface area contributed by atoms with E-state index in [9.17, 15) is 32.7 Å². The molecule has 7 nitrogen and oxygen atoms in total. The second-order valence-electron chi connectivity index (χ2n) is 8.75. The molecule has 35 heavy (non-hydrogen) atoms. The summed E-state index contributed by atoms with van der Waals surface area (Å²) in [5.41, 5.74) is -1.50. The van der Waals surface area contributed by atoms with Crippen LogP contribution in [0.3, 0.4) is 0 Å². The molecule has 0 spiro atoms. The quantitative estimate of drug-likeness (QED) is 0.625. The van der Waals surface area contributed by atoms with E-state index in [4.69, 9.17) is 4.74 Å². The molecule has 3 atom stereocenters. The molecule has 1 heterocycles. The minimum absolute atomic E-state index is 0.00118. The number of hydrogen-bond acceptors (Lipinski definition) is 5. The van der Waals surface area contributed by atoms with Crippen LogP contribution in [0.5, 0.6) is 0 Å². The molecule has 3 aliphatic rings. The highest BCUT2D eigenvalue weighted by atomic mass is 19.4. The summed E-state index contributed by atoms with van der Waals surface area (Å²) in [6, 6.07) is 3.71. The fourth-order valence-electron chi connectivity index (χ4n) is 4.81. The van der Waals surface area contributed by atoms with Crippen LogP contribution < -0.4 is 4.90 Å². The van der Waals surface area contributed by atoms with Crippen molar-refractivity contribution in [2.45, 2.75) is 37.8 Å². The van der Waals surface area contributed by atoms with Gasteiger partial charge in [0, 0.05) is 24.7 Å². The van der Waals surface area contributed by atoms with Crippen molar-refractivity contribution < 1.29 is 46.5 Å². The summed E-state index contributed by atoms with van der Waals surface area (Å²) in [4.78, 5) is 38.5. The molecule has 186 valence electrons. The normalized spacial score (nSPS) is 26.8. The number of anilines is 1. The maximum Gasteiger partial charge on any atom is 0.523 e. The Morgan fingerprint density at radius 1 is 1.23 bits per heavy atom. The third-order valence-electron chi connectivity index (χ3n) is 6.32. The molecule has 0 saturated heterocycles. The van der Waals surface area contributed by atoms with E-state index in [2.05, 4.69) is 4.74 Å². The summed E-state index contributed by atoms with van der Waals surface area (Å²) >= 11 is 0. The van der Waals surface area contributed by atoms with Crippen molar-refractivity contribution in [1.82, 2.24) is 0 Å². The lowest BCUT2D eigenvalue weighted by atomic mass is 9.87. The van der Waals surface area contributed by atoms with E-state index in [1.165, 1.54) is 44.4 Å². The number of carbonyl (C=O) groups is 3. The van der Waals surface area contributed by atoms with Gasteiger partial charge >= 0.3 is 12.3 Å². The maximum atomic E-state index is 15.2. The molecule has 1 aromatic rings. The van der Waals surface area contributed by atoms with E-state index in [1.54, 1.807) is 0 Å². The SMILES string of the molecule is COC1CC(C(=O)O)C2=C1C(=O)CN(c1ccc(C3=CC=CC(C)(OC(F)(F)F)C3)cc1F)C2=O. The van der Waals surface area contributed by atoms with E-state index in [0.717, 1.165) is 11.0 Å². The zero-order valence-corrected chi connectivity index (χ0v) is 18.7. The minimum atomic E-state index is -4.86. The third-order valence-corrected chi connectivity index (χ3v) is 6.32. The van der Waals surface area contributed by atoms with Gasteiger partial charge in [-0.15, -0.1) is 13.2 Å². The number of methoxy groups -OCH3 is 1. The van der Waals surface area contributed by atoms with Crippen LogP contribution in [-0.2, 0) is 23.9 Å². The standard InChI is InChI=1S/C24H21F4NO6/c1-23(35-24(26,27)28)7-3-4-13(10-23)12-5-6-16(15(25)8-12)29-11-17(30)20-18(34-2)9-14(22(32)33)19(20)21(29)31/h3-8,14,18H,9-11H2,1-2H3,(H,32,33). The Bertz CT molecular complexity index is 1200. The Morgan fingerprint density at radius 3 is 2.54 bits per heavy atom. The van der Waals surface area contributed by atoms with Crippen LogP contribution in [0.4, 0.5) is 23.2 Å². The van der Waals surface area contributed by atoms with Gasteiger partial charge in [0.05, 0.1) is 29.9 Å². The van der Waals surface area contributed by atoms with Gasteiger partial charge in [-0.3, -0.25) is 24.0 Å². The van der Waals surface area contributed by atoms with Gasteiger partial charge in [0.15, 0.2) is 5.78 Å². The Kier molecular flexibility index (Phi) is 6.18. The second kappa shape index (κ2) is 8.72. The number of amides is 1. The number of nitrogens with zero attached hydrogens (tertiary/aromatic N) is 1. The largest absolute Gasteiger partial charge is 0.523 e. The maximum absolute atomic E-state index is 15.2. The van der Waals surface area contributed by atoms with Gasteiger partial charge in [0.2, 0.25) is 0 Å². The molecule has 2 aliphatic carbocycles.